The number of Topliss-reactive ketones (excluding diaryl/α,β-unsaturated/α-hetero) is 1. The molecule has 2 aromatic heterocycles. The van der Waals surface area contributed by atoms with E-state index in [4.69, 9.17) is 14.2 Å². The first-order valence-electron chi connectivity index (χ1n) is 12.4. The number of nitrogens with zero attached hydrogens (tertiary/aromatic N) is 5. The molecular weight excluding hydrogens is 472 g/mol. The number of hydrogen-bond donors (Lipinski definition) is 1. The Hall–Kier alpha value is -4.05. The van der Waals surface area contributed by atoms with E-state index in [-0.39, 0.29) is 24.3 Å². The van der Waals surface area contributed by atoms with E-state index in [0.29, 0.717) is 43.6 Å². The van der Waals surface area contributed by atoms with E-state index < -0.39 is 0 Å². The summed E-state index contributed by atoms with van der Waals surface area (Å²) in [5.74, 6) is 2.31. The molecule has 0 radical (unpaired) electrons. The van der Waals surface area contributed by atoms with Gasteiger partial charge in [-0.05, 0) is 30.5 Å². The van der Waals surface area contributed by atoms with Crippen molar-refractivity contribution in [2.75, 3.05) is 25.1 Å². The Labute approximate surface area is 215 Å². The van der Waals surface area contributed by atoms with Crippen molar-refractivity contribution in [2.45, 2.75) is 45.8 Å². The van der Waals surface area contributed by atoms with Gasteiger partial charge in [0.05, 0.1) is 36.4 Å². The van der Waals surface area contributed by atoms with E-state index in [1.54, 1.807) is 4.68 Å². The Morgan fingerprint density at radius 3 is 2.68 bits per heavy atom. The number of rotatable bonds is 11. The van der Waals surface area contributed by atoms with Gasteiger partial charge in [0.25, 0.3) is 0 Å². The molecule has 1 saturated heterocycles. The van der Waals surface area contributed by atoms with Crippen LogP contribution in [0, 0.1) is 0 Å². The molecule has 0 bridgehead atoms. The van der Waals surface area contributed by atoms with Gasteiger partial charge in [0.15, 0.2) is 5.78 Å². The van der Waals surface area contributed by atoms with Crippen molar-refractivity contribution in [3.8, 4) is 11.5 Å². The summed E-state index contributed by atoms with van der Waals surface area (Å²) in [6.07, 6.45) is 3.70. The first kappa shape index (κ1) is 24.6. The van der Waals surface area contributed by atoms with Gasteiger partial charge in [-0.2, -0.15) is 0 Å². The molecule has 1 N–H and O–H groups in total. The molecule has 0 amide bonds. The number of anilines is 2. The molecule has 5 rings (SSSR count). The second-order valence-electron chi connectivity index (χ2n) is 9.28. The van der Waals surface area contributed by atoms with Gasteiger partial charge in [-0.1, -0.05) is 31.2 Å². The second-order valence-corrected chi connectivity index (χ2v) is 9.28. The number of aromatic nitrogens is 5. The van der Waals surface area contributed by atoms with E-state index >= 15 is 0 Å². The lowest BCUT2D eigenvalue weighted by atomic mass is 10.1. The minimum atomic E-state index is 0.0467. The average molecular weight is 503 g/mol. The van der Waals surface area contributed by atoms with Crippen LogP contribution in [0.5, 0.6) is 11.5 Å². The molecule has 0 aliphatic carbocycles. The predicted molar refractivity (Wildman–Crippen MR) is 138 cm³/mol. The van der Waals surface area contributed by atoms with Crippen LogP contribution in [0.4, 0.5) is 11.5 Å². The van der Waals surface area contributed by atoms with Gasteiger partial charge in [0.1, 0.15) is 36.3 Å². The van der Waals surface area contributed by atoms with Crippen LogP contribution in [0.3, 0.4) is 0 Å². The SMILES string of the molecule is CCOc1cc(OC2COC2)cc2ncnc(Nc3ccc(CC(=O)Cn4cc(C(C)C)nn4)cc3)c12. The second kappa shape index (κ2) is 10.9. The maximum Gasteiger partial charge on any atom is 0.158 e. The fraction of sp³-hybridized carbons (Fsp3) is 0.370. The summed E-state index contributed by atoms with van der Waals surface area (Å²) in [5, 5.41) is 12.3. The van der Waals surface area contributed by atoms with Gasteiger partial charge >= 0.3 is 0 Å². The molecule has 0 saturated carbocycles. The molecule has 1 aliphatic rings. The maximum absolute atomic E-state index is 12.5. The van der Waals surface area contributed by atoms with Crippen molar-refractivity contribution in [3.63, 3.8) is 0 Å². The molecule has 192 valence electrons. The molecule has 10 heteroatoms. The summed E-state index contributed by atoms with van der Waals surface area (Å²) in [5.41, 5.74) is 3.35. The number of ether oxygens (including phenoxy) is 3. The van der Waals surface area contributed by atoms with Crippen LogP contribution in [0.15, 0.2) is 48.9 Å². The van der Waals surface area contributed by atoms with Gasteiger partial charge in [-0.3, -0.25) is 4.79 Å². The summed E-state index contributed by atoms with van der Waals surface area (Å²) >= 11 is 0. The number of carbonyl (C=O) groups excluding carboxylic acids is 1. The molecule has 0 spiro atoms. The third-order valence-electron chi connectivity index (χ3n) is 5.99. The highest BCUT2D eigenvalue weighted by molar-refractivity contribution is 5.96. The van der Waals surface area contributed by atoms with Crippen LogP contribution in [0.25, 0.3) is 10.9 Å². The fourth-order valence-electron chi connectivity index (χ4n) is 4.00. The summed E-state index contributed by atoms with van der Waals surface area (Å²) in [6.45, 7) is 7.89. The van der Waals surface area contributed by atoms with Gasteiger partial charge in [0.2, 0.25) is 0 Å². The van der Waals surface area contributed by atoms with Gasteiger partial charge < -0.3 is 19.5 Å². The summed E-state index contributed by atoms with van der Waals surface area (Å²) < 4.78 is 18.7. The standard InChI is InChI=1S/C27H30N6O4/c1-4-36-25-11-21(37-22-14-35-15-22)10-23-26(25)27(29-16-28-23)30-19-7-5-18(6-8-19)9-20(34)12-33-13-24(17(2)3)31-32-33/h5-8,10-11,13,16-17,22H,4,9,12,14-15H2,1-3H3,(H,28,29,30). The highest BCUT2D eigenvalue weighted by Gasteiger charge is 2.22. The highest BCUT2D eigenvalue weighted by atomic mass is 16.6. The molecule has 10 nitrogen and oxygen atoms in total. The Kier molecular flexibility index (Phi) is 7.27. The fourth-order valence-corrected chi connectivity index (χ4v) is 4.00. The smallest absolute Gasteiger partial charge is 0.158 e. The van der Waals surface area contributed by atoms with Crippen molar-refractivity contribution >= 4 is 28.2 Å². The number of benzene rings is 2. The van der Waals surface area contributed by atoms with Crippen LogP contribution in [-0.4, -0.2) is 56.7 Å². The topological polar surface area (TPSA) is 113 Å². The van der Waals surface area contributed by atoms with Crippen molar-refractivity contribution in [1.29, 1.82) is 0 Å². The van der Waals surface area contributed by atoms with Gasteiger partial charge in [-0.25, -0.2) is 14.6 Å². The molecule has 3 heterocycles. The zero-order valence-electron chi connectivity index (χ0n) is 21.2. The maximum atomic E-state index is 12.5. The Bertz CT molecular complexity index is 1380. The third kappa shape index (κ3) is 5.86. The highest BCUT2D eigenvalue weighted by Crippen LogP contribution is 2.36. The van der Waals surface area contributed by atoms with E-state index in [9.17, 15) is 4.79 Å². The van der Waals surface area contributed by atoms with Crippen molar-refractivity contribution in [3.05, 3.63) is 60.2 Å². The molecule has 1 aliphatic heterocycles. The van der Waals surface area contributed by atoms with Crippen LogP contribution in [0.1, 0.15) is 37.9 Å². The largest absolute Gasteiger partial charge is 0.493 e. The zero-order chi connectivity index (χ0) is 25.8. The molecule has 0 unspecified atom stereocenters. The molecule has 4 aromatic rings. The summed E-state index contributed by atoms with van der Waals surface area (Å²) in [7, 11) is 0. The van der Waals surface area contributed by atoms with Crippen molar-refractivity contribution in [1.82, 2.24) is 25.0 Å². The van der Waals surface area contributed by atoms with Crippen LogP contribution in [-0.2, 0) is 22.5 Å². The Balaban J connectivity index is 1.29. The molecular formula is C27H30N6O4. The number of carbonyl (C=O) groups is 1. The van der Waals surface area contributed by atoms with E-state index in [1.165, 1.54) is 6.33 Å². The van der Waals surface area contributed by atoms with E-state index in [2.05, 4.69) is 25.6 Å². The predicted octanol–water partition coefficient (Wildman–Crippen LogP) is 4.08. The molecule has 0 atom stereocenters. The molecule has 37 heavy (non-hydrogen) atoms. The molecule has 1 fully saturated rings. The Morgan fingerprint density at radius 1 is 1.19 bits per heavy atom. The quantitative estimate of drug-likeness (QED) is 0.324. The average Bonchev–Trinajstić information content (AvgIpc) is 3.31. The molecule has 2 aromatic carbocycles. The summed E-state index contributed by atoms with van der Waals surface area (Å²) in [6, 6.07) is 11.5. The number of fused-ring (bicyclic) bond motifs is 1. The van der Waals surface area contributed by atoms with Crippen LogP contribution >= 0.6 is 0 Å². The number of nitrogens with one attached hydrogen (secondary N) is 1. The first-order valence-corrected chi connectivity index (χ1v) is 12.4. The number of ketones is 1. The lowest BCUT2D eigenvalue weighted by Gasteiger charge is -2.27. The summed E-state index contributed by atoms with van der Waals surface area (Å²) in [4.78, 5) is 21.4. The Morgan fingerprint density at radius 2 is 2.00 bits per heavy atom. The lowest BCUT2D eigenvalue weighted by Crippen LogP contribution is -2.38. The van der Waals surface area contributed by atoms with Crippen molar-refractivity contribution in [2.24, 2.45) is 0 Å². The van der Waals surface area contributed by atoms with Crippen LogP contribution in [0.2, 0.25) is 0 Å². The van der Waals surface area contributed by atoms with E-state index in [1.807, 2.05) is 63.4 Å². The van der Waals surface area contributed by atoms with Crippen LogP contribution < -0.4 is 14.8 Å². The minimum Gasteiger partial charge on any atom is -0.493 e. The monoisotopic (exact) mass is 502 g/mol. The van der Waals surface area contributed by atoms with E-state index in [0.717, 1.165) is 27.8 Å². The number of hydrogen-bond acceptors (Lipinski definition) is 9. The lowest BCUT2D eigenvalue weighted by molar-refractivity contribution is -0.119. The van der Waals surface area contributed by atoms with Crippen molar-refractivity contribution < 1.29 is 19.0 Å². The zero-order valence-corrected chi connectivity index (χ0v) is 21.2. The van der Waals surface area contributed by atoms with Gasteiger partial charge in [-0.15, -0.1) is 5.10 Å². The van der Waals surface area contributed by atoms with Gasteiger partial charge in [0, 0.05) is 30.4 Å². The first-order chi connectivity index (χ1) is 18.0. The normalized spacial score (nSPS) is 13.5. The third-order valence-corrected chi connectivity index (χ3v) is 5.99. The minimum absolute atomic E-state index is 0.0467.